The summed E-state index contributed by atoms with van der Waals surface area (Å²) in [6, 6.07) is 20.6. The molecule has 1 unspecified atom stereocenters. The topological polar surface area (TPSA) is 64.6 Å². The summed E-state index contributed by atoms with van der Waals surface area (Å²) in [7, 11) is 0. The average Bonchev–Trinajstić information content (AvgIpc) is 2.73. The predicted molar refractivity (Wildman–Crippen MR) is 133 cm³/mol. The lowest BCUT2D eigenvalue weighted by Crippen LogP contribution is -2.28. The molecule has 0 radical (unpaired) electrons. The highest BCUT2D eigenvalue weighted by molar-refractivity contribution is 8.93. The zero-order chi connectivity index (χ0) is 22.2. The Morgan fingerprint density at radius 3 is 2.06 bits per heavy atom. The van der Waals surface area contributed by atoms with E-state index >= 15 is 0 Å². The number of fused-ring (bicyclic) bond motifs is 1. The van der Waals surface area contributed by atoms with Gasteiger partial charge in [-0.3, -0.25) is 9.59 Å². The molecule has 3 aromatic carbocycles. The van der Waals surface area contributed by atoms with Crippen LogP contribution in [0.3, 0.4) is 0 Å². The molecule has 0 spiro atoms. The van der Waals surface area contributed by atoms with Crippen molar-refractivity contribution in [3.05, 3.63) is 71.8 Å². The lowest BCUT2D eigenvalue weighted by Gasteiger charge is -2.14. The standard InChI is InChI=1S/C26H29NO4.BrH/c1-18(9-10-21-7-5-4-6-8-21)27-14-13-22-11-12-23-16-25(30-19(2)28)26(31-20(3)29)17-24(23)15-22;/h4-8,11-12,15-18,27H,9-10,13-14H2,1-3H3;1H. The van der Waals surface area contributed by atoms with Crippen LogP contribution in [0.25, 0.3) is 10.8 Å². The highest BCUT2D eigenvalue weighted by atomic mass is 79.9. The fourth-order valence-corrected chi connectivity index (χ4v) is 3.52. The molecule has 0 bridgehead atoms. The predicted octanol–water partition coefficient (Wildman–Crippen LogP) is 5.42. The van der Waals surface area contributed by atoms with E-state index in [4.69, 9.17) is 9.47 Å². The smallest absolute Gasteiger partial charge is 0.308 e. The van der Waals surface area contributed by atoms with E-state index in [-0.39, 0.29) is 28.5 Å². The third-order valence-corrected chi connectivity index (χ3v) is 5.09. The molecule has 0 heterocycles. The number of hydrogen-bond acceptors (Lipinski definition) is 5. The van der Waals surface area contributed by atoms with Crippen LogP contribution in [0.2, 0.25) is 0 Å². The van der Waals surface area contributed by atoms with Crippen molar-refractivity contribution in [1.82, 2.24) is 5.32 Å². The highest BCUT2D eigenvalue weighted by Crippen LogP contribution is 2.33. The van der Waals surface area contributed by atoms with Gasteiger partial charge in [-0.25, -0.2) is 0 Å². The lowest BCUT2D eigenvalue weighted by atomic mass is 10.0. The van der Waals surface area contributed by atoms with Gasteiger partial charge in [0.2, 0.25) is 0 Å². The number of ether oxygens (including phenoxy) is 2. The van der Waals surface area contributed by atoms with Gasteiger partial charge in [-0.1, -0.05) is 48.5 Å². The largest absolute Gasteiger partial charge is 0.423 e. The lowest BCUT2D eigenvalue weighted by molar-refractivity contribution is -0.134. The van der Waals surface area contributed by atoms with E-state index in [2.05, 4.69) is 48.6 Å². The van der Waals surface area contributed by atoms with Crippen molar-refractivity contribution in [2.75, 3.05) is 6.54 Å². The van der Waals surface area contributed by atoms with Crippen molar-refractivity contribution in [3.8, 4) is 11.5 Å². The summed E-state index contributed by atoms with van der Waals surface area (Å²) >= 11 is 0. The van der Waals surface area contributed by atoms with Crippen LogP contribution >= 0.6 is 17.0 Å². The Morgan fingerprint density at radius 1 is 0.812 bits per heavy atom. The van der Waals surface area contributed by atoms with Crippen LogP contribution in [0.15, 0.2) is 60.7 Å². The normalized spacial score (nSPS) is 11.5. The number of hydrogen-bond donors (Lipinski definition) is 1. The van der Waals surface area contributed by atoms with Crippen molar-refractivity contribution in [2.24, 2.45) is 0 Å². The highest BCUT2D eigenvalue weighted by Gasteiger charge is 2.12. The Kier molecular flexibility index (Phi) is 9.88. The van der Waals surface area contributed by atoms with Crippen LogP contribution in [0.5, 0.6) is 11.5 Å². The van der Waals surface area contributed by atoms with E-state index in [1.165, 1.54) is 25.0 Å². The van der Waals surface area contributed by atoms with Gasteiger partial charge in [0.05, 0.1) is 0 Å². The van der Waals surface area contributed by atoms with E-state index in [9.17, 15) is 9.59 Å². The Bertz CT molecular complexity index is 1050. The second-order valence-electron chi connectivity index (χ2n) is 7.80. The molecule has 0 saturated heterocycles. The van der Waals surface area contributed by atoms with E-state index < -0.39 is 11.9 Å². The molecule has 0 saturated carbocycles. The SMILES string of the molecule is Br.CC(=O)Oc1cc2ccc(CCNC(C)CCc3ccccc3)cc2cc1OC(C)=O. The van der Waals surface area contributed by atoms with Gasteiger partial charge >= 0.3 is 11.9 Å². The minimum Gasteiger partial charge on any atom is -0.423 e. The zero-order valence-corrected chi connectivity index (χ0v) is 20.4. The molecule has 6 heteroatoms. The summed E-state index contributed by atoms with van der Waals surface area (Å²) in [5.41, 5.74) is 2.55. The maximum Gasteiger partial charge on any atom is 0.308 e. The van der Waals surface area contributed by atoms with Gasteiger partial charge in [0.15, 0.2) is 11.5 Å². The van der Waals surface area contributed by atoms with Crippen molar-refractivity contribution in [2.45, 2.75) is 46.1 Å². The second kappa shape index (κ2) is 12.4. The maximum atomic E-state index is 11.4. The number of carbonyl (C=O) groups is 2. The number of rotatable bonds is 9. The van der Waals surface area contributed by atoms with Gasteiger partial charge in [-0.15, -0.1) is 17.0 Å². The van der Waals surface area contributed by atoms with Crippen LogP contribution in [-0.2, 0) is 22.4 Å². The quantitative estimate of drug-likeness (QED) is 0.314. The molecule has 0 fully saturated rings. The molecular weight excluding hydrogens is 470 g/mol. The van der Waals surface area contributed by atoms with Gasteiger partial charge in [-0.2, -0.15) is 0 Å². The molecule has 32 heavy (non-hydrogen) atoms. The van der Waals surface area contributed by atoms with Crippen LogP contribution in [0.1, 0.15) is 38.3 Å². The van der Waals surface area contributed by atoms with Crippen molar-refractivity contribution < 1.29 is 19.1 Å². The molecular formula is C26H30BrNO4. The molecule has 1 atom stereocenters. The number of nitrogens with one attached hydrogen (secondary N) is 1. The molecule has 0 aliphatic rings. The molecule has 170 valence electrons. The Labute approximate surface area is 199 Å². The summed E-state index contributed by atoms with van der Waals surface area (Å²) in [6.45, 7) is 5.73. The number of halogens is 1. The summed E-state index contributed by atoms with van der Waals surface area (Å²) < 4.78 is 10.4. The average molecular weight is 500 g/mol. The van der Waals surface area contributed by atoms with E-state index in [0.717, 1.165) is 36.6 Å². The molecule has 3 aromatic rings. The second-order valence-corrected chi connectivity index (χ2v) is 7.80. The number of benzene rings is 3. The molecule has 0 aliphatic heterocycles. The first-order valence-electron chi connectivity index (χ1n) is 10.6. The zero-order valence-electron chi connectivity index (χ0n) is 18.7. The molecule has 0 aliphatic carbocycles. The summed E-state index contributed by atoms with van der Waals surface area (Å²) in [6.07, 6.45) is 3.04. The first-order valence-corrected chi connectivity index (χ1v) is 10.6. The monoisotopic (exact) mass is 499 g/mol. The molecule has 3 rings (SSSR count). The first kappa shape index (κ1) is 25.6. The van der Waals surface area contributed by atoms with Crippen molar-refractivity contribution in [3.63, 3.8) is 0 Å². The summed E-state index contributed by atoms with van der Waals surface area (Å²) in [5, 5.41) is 5.44. The Morgan fingerprint density at radius 2 is 1.44 bits per heavy atom. The Balaban J connectivity index is 0.00000363. The molecule has 0 aromatic heterocycles. The van der Waals surface area contributed by atoms with Gasteiger partial charge in [0.1, 0.15) is 0 Å². The van der Waals surface area contributed by atoms with E-state index in [0.29, 0.717) is 6.04 Å². The third-order valence-electron chi connectivity index (χ3n) is 5.09. The molecule has 5 nitrogen and oxygen atoms in total. The summed E-state index contributed by atoms with van der Waals surface area (Å²) in [5.74, 6) is -0.425. The Hall–Kier alpha value is -2.70. The first-order chi connectivity index (χ1) is 14.9. The van der Waals surface area contributed by atoms with Crippen molar-refractivity contribution in [1.29, 1.82) is 0 Å². The van der Waals surface area contributed by atoms with Crippen molar-refractivity contribution >= 4 is 39.7 Å². The number of esters is 2. The van der Waals surface area contributed by atoms with Crippen LogP contribution in [-0.4, -0.2) is 24.5 Å². The number of aryl methyl sites for hydroxylation is 1. The van der Waals surface area contributed by atoms with Gasteiger partial charge < -0.3 is 14.8 Å². The third kappa shape index (κ3) is 7.77. The molecule has 0 amide bonds. The van der Waals surface area contributed by atoms with Crippen LogP contribution < -0.4 is 14.8 Å². The summed E-state index contributed by atoms with van der Waals surface area (Å²) in [4.78, 5) is 22.8. The fraction of sp³-hybridized carbons (Fsp3) is 0.308. The number of carbonyl (C=O) groups excluding carboxylic acids is 2. The van der Waals surface area contributed by atoms with Crippen LogP contribution in [0.4, 0.5) is 0 Å². The van der Waals surface area contributed by atoms with Gasteiger partial charge in [-0.05, 0) is 66.8 Å². The van der Waals surface area contributed by atoms with Gasteiger partial charge in [0, 0.05) is 19.9 Å². The van der Waals surface area contributed by atoms with E-state index in [1.807, 2.05) is 12.1 Å². The fourth-order valence-electron chi connectivity index (χ4n) is 3.52. The van der Waals surface area contributed by atoms with Gasteiger partial charge in [0.25, 0.3) is 0 Å². The van der Waals surface area contributed by atoms with E-state index in [1.54, 1.807) is 12.1 Å². The maximum absolute atomic E-state index is 11.4. The molecule has 1 N–H and O–H groups in total. The van der Waals surface area contributed by atoms with Crippen LogP contribution in [0, 0.1) is 0 Å². The minimum absolute atomic E-state index is 0. The minimum atomic E-state index is -0.461.